The van der Waals surface area contributed by atoms with Gasteiger partial charge in [0.15, 0.2) is 5.76 Å². The van der Waals surface area contributed by atoms with E-state index in [1.807, 2.05) is 0 Å². The van der Waals surface area contributed by atoms with E-state index in [9.17, 15) is 14.9 Å². The number of nitrogens with zero attached hydrogens (tertiary/aromatic N) is 3. The van der Waals surface area contributed by atoms with Crippen LogP contribution in [0, 0.1) is 10.1 Å². The molecule has 2 heterocycles. The fourth-order valence-electron chi connectivity index (χ4n) is 2.78. The molecule has 0 unspecified atom stereocenters. The quantitative estimate of drug-likeness (QED) is 0.674. The molecule has 1 fully saturated rings. The molecule has 2 aromatic rings. The topological polar surface area (TPSA) is 103 Å². The molecule has 0 bridgehead atoms. The Bertz CT molecular complexity index is 700. The molecule has 1 amide bonds. The number of carbonyl (C=O) groups excluding carboxylic acids is 1. The molecule has 0 spiro atoms. The van der Waals surface area contributed by atoms with Gasteiger partial charge in [0, 0.05) is 6.04 Å². The van der Waals surface area contributed by atoms with Crippen molar-refractivity contribution in [1.82, 2.24) is 15.1 Å². The maximum absolute atomic E-state index is 12.2. The highest BCUT2D eigenvalue weighted by atomic mass is 16.6. The molecule has 2 aromatic heterocycles. The molecule has 1 aliphatic rings. The Balaban J connectivity index is 1.60. The van der Waals surface area contributed by atoms with E-state index in [2.05, 4.69) is 10.4 Å². The second-order valence-electron chi connectivity index (χ2n) is 5.73. The number of aromatic nitrogens is 2. The van der Waals surface area contributed by atoms with Crippen LogP contribution in [-0.4, -0.2) is 26.7 Å². The Hall–Kier alpha value is -2.64. The van der Waals surface area contributed by atoms with Crippen molar-refractivity contribution in [3.05, 3.63) is 46.2 Å². The fraction of sp³-hybridized carbons (Fsp3) is 0.467. The van der Waals surface area contributed by atoms with Crippen molar-refractivity contribution in [2.45, 2.75) is 44.7 Å². The minimum Gasteiger partial charge on any atom is -0.454 e. The summed E-state index contributed by atoms with van der Waals surface area (Å²) >= 11 is 0. The van der Waals surface area contributed by atoms with Crippen molar-refractivity contribution in [3.63, 3.8) is 0 Å². The summed E-state index contributed by atoms with van der Waals surface area (Å²) in [7, 11) is 0. The van der Waals surface area contributed by atoms with Crippen molar-refractivity contribution in [3.8, 4) is 0 Å². The smallest absolute Gasteiger partial charge is 0.307 e. The molecule has 8 heteroatoms. The molecule has 3 rings (SSSR count). The largest absolute Gasteiger partial charge is 0.454 e. The van der Waals surface area contributed by atoms with Gasteiger partial charge in [-0.2, -0.15) is 5.10 Å². The zero-order chi connectivity index (χ0) is 16.2. The van der Waals surface area contributed by atoms with E-state index in [1.165, 1.54) is 23.5 Å². The van der Waals surface area contributed by atoms with E-state index < -0.39 is 4.92 Å². The van der Waals surface area contributed by atoms with Crippen molar-refractivity contribution >= 4 is 11.6 Å². The Kier molecular flexibility index (Phi) is 4.40. The molecule has 0 radical (unpaired) electrons. The van der Waals surface area contributed by atoms with Crippen LogP contribution in [0.5, 0.6) is 0 Å². The summed E-state index contributed by atoms with van der Waals surface area (Å²) in [5.74, 6) is 0.568. The summed E-state index contributed by atoms with van der Waals surface area (Å²) in [4.78, 5) is 22.3. The first-order valence-electron chi connectivity index (χ1n) is 7.68. The number of furan rings is 1. The molecule has 8 nitrogen and oxygen atoms in total. The van der Waals surface area contributed by atoms with Crippen LogP contribution in [0.2, 0.25) is 0 Å². The minimum absolute atomic E-state index is 0.0770. The van der Waals surface area contributed by atoms with Crippen LogP contribution < -0.4 is 5.32 Å². The molecule has 122 valence electrons. The van der Waals surface area contributed by atoms with Gasteiger partial charge in [-0.15, -0.1) is 0 Å². The van der Waals surface area contributed by atoms with Crippen LogP contribution in [0.15, 0.2) is 28.9 Å². The first kappa shape index (κ1) is 15.3. The van der Waals surface area contributed by atoms with Crippen molar-refractivity contribution < 1.29 is 14.1 Å². The summed E-state index contributed by atoms with van der Waals surface area (Å²) in [6.45, 7) is 0.241. The van der Waals surface area contributed by atoms with Crippen molar-refractivity contribution in [2.24, 2.45) is 0 Å². The molecular formula is C15H18N4O4. The zero-order valence-corrected chi connectivity index (χ0v) is 12.6. The Morgan fingerprint density at radius 3 is 2.87 bits per heavy atom. The summed E-state index contributed by atoms with van der Waals surface area (Å²) in [5.41, 5.74) is -0.0770. The second kappa shape index (κ2) is 6.64. The lowest BCUT2D eigenvalue weighted by Gasteiger charge is -2.22. The molecule has 0 saturated heterocycles. The number of nitrogens with one attached hydrogen (secondary N) is 1. The van der Waals surface area contributed by atoms with Gasteiger partial charge in [-0.1, -0.05) is 19.3 Å². The molecule has 1 N–H and O–H groups in total. The molecule has 23 heavy (non-hydrogen) atoms. The van der Waals surface area contributed by atoms with Crippen LogP contribution in [0.3, 0.4) is 0 Å². The lowest BCUT2D eigenvalue weighted by molar-refractivity contribution is -0.385. The van der Waals surface area contributed by atoms with Crippen molar-refractivity contribution in [1.29, 1.82) is 0 Å². The molecule has 0 aliphatic heterocycles. The standard InChI is InChI=1S/C15H18N4O4/c20-15(17-11-4-2-1-3-5-11)14-7-6-13(23-14)10-18-9-12(8-16-18)19(21)22/h6-9,11H,1-5,10H2,(H,17,20). The maximum Gasteiger partial charge on any atom is 0.307 e. The maximum atomic E-state index is 12.2. The van der Waals surface area contributed by atoms with Gasteiger partial charge in [0.1, 0.15) is 18.2 Å². The molecule has 1 aliphatic carbocycles. The second-order valence-corrected chi connectivity index (χ2v) is 5.73. The van der Waals surface area contributed by atoms with Crippen LogP contribution in [-0.2, 0) is 6.54 Å². The SMILES string of the molecule is O=C(NC1CCCCC1)c1ccc(Cn2cc([N+](=O)[O-])cn2)o1. The summed E-state index contributed by atoms with van der Waals surface area (Å²) in [6, 6.07) is 3.52. The summed E-state index contributed by atoms with van der Waals surface area (Å²) < 4.78 is 6.92. The first-order chi connectivity index (χ1) is 11.1. The average Bonchev–Trinajstić information content (AvgIpc) is 3.18. The highest BCUT2D eigenvalue weighted by Crippen LogP contribution is 2.18. The van der Waals surface area contributed by atoms with E-state index >= 15 is 0 Å². The van der Waals surface area contributed by atoms with E-state index in [0.717, 1.165) is 25.7 Å². The van der Waals surface area contributed by atoms with Crippen LogP contribution in [0.1, 0.15) is 48.4 Å². The third-order valence-electron chi connectivity index (χ3n) is 3.97. The number of carbonyl (C=O) groups is 1. The lowest BCUT2D eigenvalue weighted by Crippen LogP contribution is -2.35. The number of rotatable bonds is 5. The molecule has 0 aromatic carbocycles. The van der Waals surface area contributed by atoms with Gasteiger partial charge in [-0.25, -0.2) is 0 Å². The van der Waals surface area contributed by atoms with Gasteiger partial charge in [0.25, 0.3) is 5.91 Å². The number of amides is 1. The Morgan fingerprint density at radius 2 is 2.17 bits per heavy atom. The Labute approximate surface area is 132 Å². The third-order valence-corrected chi connectivity index (χ3v) is 3.97. The Morgan fingerprint density at radius 1 is 1.39 bits per heavy atom. The average molecular weight is 318 g/mol. The monoisotopic (exact) mass is 318 g/mol. The van der Waals surface area contributed by atoms with Gasteiger partial charge in [0.2, 0.25) is 0 Å². The third kappa shape index (κ3) is 3.77. The predicted molar refractivity (Wildman–Crippen MR) is 81.0 cm³/mol. The van der Waals surface area contributed by atoms with Gasteiger partial charge >= 0.3 is 5.69 Å². The number of nitro groups is 1. The first-order valence-corrected chi connectivity index (χ1v) is 7.68. The summed E-state index contributed by atoms with van der Waals surface area (Å²) in [5, 5.41) is 17.5. The van der Waals surface area contributed by atoms with Gasteiger partial charge in [-0.05, 0) is 25.0 Å². The van der Waals surface area contributed by atoms with Crippen LogP contribution in [0.25, 0.3) is 0 Å². The van der Waals surface area contributed by atoms with Crippen LogP contribution in [0.4, 0.5) is 5.69 Å². The predicted octanol–water partition coefficient (Wildman–Crippen LogP) is 2.50. The van der Waals surface area contributed by atoms with E-state index in [0.29, 0.717) is 5.76 Å². The number of hydrogen-bond acceptors (Lipinski definition) is 5. The minimum atomic E-state index is -0.505. The van der Waals surface area contributed by atoms with E-state index in [4.69, 9.17) is 4.42 Å². The number of hydrogen-bond donors (Lipinski definition) is 1. The van der Waals surface area contributed by atoms with Crippen LogP contribution >= 0.6 is 0 Å². The van der Waals surface area contributed by atoms with E-state index in [1.54, 1.807) is 12.1 Å². The van der Waals surface area contributed by atoms with E-state index in [-0.39, 0.29) is 29.9 Å². The highest BCUT2D eigenvalue weighted by Gasteiger charge is 2.19. The molecule has 0 atom stereocenters. The van der Waals surface area contributed by atoms with Gasteiger partial charge in [-0.3, -0.25) is 19.6 Å². The molecule has 1 saturated carbocycles. The highest BCUT2D eigenvalue weighted by molar-refractivity contribution is 5.91. The van der Waals surface area contributed by atoms with Gasteiger partial charge < -0.3 is 9.73 Å². The zero-order valence-electron chi connectivity index (χ0n) is 12.6. The van der Waals surface area contributed by atoms with Crippen molar-refractivity contribution in [2.75, 3.05) is 0 Å². The summed E-state index contributed by atoms with van der Waals surface area (Å²) in [6.07, 6.45) is 8.04. The molecular weight excluding hydrogens is 300 g/mol. The lowest BCUT2D eigenvalue weighted by atomic mass is 9.95. The van der Waals surface area contributed by atoms with Gasteiger partial charge in [0.05, 0.1) is 11.5 Å². The normalized spacial score (nSPS) is 15.5. The fourth-order valence-corrected chi connectivity index (χ4v) is 2.78.